The first-order chi connectivity index (χ1) is 20.5. The van der Waals surface area contributed by atoms with E-state index in [9.17, 15) is 8.42 Å². The largest absolute Gasteiger partial charge is 0.365 e. The van der Waals surface area contributed by atoms with Crippen LogP contribution in [-0.4, -0.2) is 76.7 Å². The van der Waals surface area contributed by atoms with Gasteiger partial charge in [-0.3, -0.25) is 4.90 Å². The Labute approximate surface area is 259 Å². The van der Waals surface area contributed by atoms with Crippen LogP contribution in [0.3, 0.4) is 0 Å². The van der Waals surface area contributed by atoms with E-state index < -0.39 is 10.0 Å². The maximum Gasteiger partial charge on any atom is 0.252 e. The third kappa shape index (κ3) is 5.86. The zero-order valence-electron chi connectivity index (χ0n) is 25.0. The zero-order chi connectivity index (χ0) is 30.5. The molecule has 0 spiro atoms. The molecule has 0 saturated carbocycles. The molecule has 5 aromatic rings. The van der Waals surface area contributed by atoms with E-state index in [2.05, 4.69) is 46.7 Å². The van der Waals surface area contributed by atoms with Gasteiger partial charge in [-0.15, -0.1) is 22.7 Å². The number of rotatable bonds is 9. The van der Waals surface area contributed by atoms with Crippen molar-refractivity contribution in [1.29, 1.82) is 0 Å². The standard InChI is InChI=1S/C29H35N7O4S3/c1-16(2)28-31-26-21(25-19(5)34-39-20(25)6)15-41-27(26)29(32-28)30-18(4)14-35-9-11-36(12-10-35)43(37,38)24-8-7-23(42-24)22-13-17(3)33-40-22/h7-8,13,15-16,18H,9-12,14H2,1-6H3,(H,30,31,32)/t18-/m0/s1. The van der Waals surface area contributed by atoms with Crippen molar-refractivity contribution >= 4 is 48.7 Å². The van der Waals surface area contributed by atoms with Gasteiger partial charge in [0.05, 0.1) is 32.0 Å². The Bertz CT molecular complexity index is 1840. The van der Waals surface area contributed by atoms with Crippen molar-refractivity contribution < 1.29 is 17.5 Å². The van der Waals surface area contributed by atoms with Crippen molar-refractivity contribution in [3.63, 3.8) is 0 Å². The molecule has 0 aliphatic carbocycles. The summed E-state index contributed by atoms with van der Waals surface area (Å²) < 4.78 is 40.4. The Morgan fingerprint density at radius 3 is 2.44 bits per heavy atom. The molecule has 0 unspecified atom stereocenters. The van der Waals surface area contributed by atoms with Gasteiger partial charge in [0, 0.05) is 61.7 Å². The van der Waals surface area contributed by atoms with E-state index in [4.69, 9.17) is 19.0 Å². The van der Waals surface area contributed by atoms with Gasteiger partial charge < -0.3 is 14.4 Å². The quantitative estimate of drug-likeness (QED) is 0.207. The first kappa shape index (κ1) is 29.9. The molecule has 1 fully saturated rings. The third-order valence-electron chi connectivity index (χ3n) is 7.54. The zero-order valence-corrected chi connectivity index (χ0v) is 27.5. The highest BCUT2D eigenvalue weighted by Crippen LogP contribution is 2.39. The molecule has 14 heteroatoms. The van der Waals surface area contributed by atoms with Gasteiger partial charge in [0.1, 0.15) is 21.6 Å². The Morgan fingerprint density at radius 1 is 1.02 bits per heavy atom. The summed E-state index contributed by atoms with van der Waals surface area (Å²) in [7, 11) is -3.58. The molecule has 1 saturated heterocycles. The fourth-order valence-electron chi connectivity index (χ4n) is 5.35. The lowest BCUT2D eigenvalue weighted by Crippen LogP contribution is -2.50. The molecule has 0 aromatic carbocycles. The minimum Gasteiger partial charge on any atom is -0.365 e. The molecule has 0 radical (unpaired) electrons. The second-order valence-corrected chi connectivity index (χ2v) is 15.4. The summed E-state index contributed by atoms with van der Waals surface area (Å²) in [6.07, 6.45) is 0. The van der Waals surface area contributed by atoms with Crippen molar-refractivity contribution in [2.45, 2.75) is 57.7 Å². The van der Waals surface area contributed by atoms with Crippen LogP contribution in [0.5, 0.6) is 0 Å². The summed E-state index contributed by atoms with van der Waals surface area (Å²) in [6.45, 7) is 15.0. The molecule has 1 atom stereocenters. The minimum atomic E-state index is -3.58. The van der Waals surface area contributed by atoms with Crippen molar-refractivity contribution in [1.82, 2.24) is 29.5 Å². The monoisotopic (exact) mass is 641 g/mol. The van der Waals surface area contributed by atoms with Gasteiger partial charge in [-0.05, 0) is 39.8 Å². The fourth-order valence-corrected chi connectivity index (χ4v) is 9.13. The number of aromatic nitrogens is 4. The normalized spacial score (nSPS) is 16.0. The van der Waals surface area contributed by atoms with E-state index in [1.54, 1.807) is 27.8 Å². The average Bonchev–Trinajstić information content (AvgIpc) is 3.76. The van der Waals surface area contributed by atoms with Crippen molar-refractivity contribution in [2.75, 3.05) is 38.0 Å². The fraction of sp³-hybridized carbons (Fsp3) is 0.448. The first-order valence-corrected chi connectivity index (χ1v) is 17.4. The van der Waals surface area contributed by atoms with Crippen LogP contribution in [0.15, 0.2) is 36.8 Å². The summed E-state index contributed by atoms with van der Waals surface area (Å²) in [4.78, 5) is 12.9. The summed E-state index contributed by atoms with van der Waals surface area (Å²) in [6, 6.07) is 5.32. The van der Waals surface area contributed by atoms with E-state index in [0.29, 0.717) is 36.1 Å². The average molecular weight is 642 g/mol. The maximum atomic E-state index is 13.4. The minimum absolute atomic E-state index is 0.0797. The molecule has 11 nitrogen and oxygen atoms in total. The lowest BCUT2D eigenvalue weighted by atomic mass is 10.1. The molecule has 0 amide bonds. The molecule has 228 valence electrons. The molecule has 1 N–H and O–H groups in total. The Hall–Kier alpha value is -3.17. The van der Waals surface area contributed by atoms with Gasteiger partial charge in [-0.25, -0.2) is 18.4 Å². The number of hydrogen-bond donors (Lipinski definition) is 1. The van der Waals surface area contributed by atoms with Crippen LogP contribution in [-0.2, 0) is 10.0 Å². The second-order valence-electron chi connectivity index (χ2n) is 11.3. The van der Waals surface area contributed by atoms with Crippen LogP contribution in [0.25, 0.3) is 32.0 Å². The lowest BCUT2D eigenvalue weighted by molar-refractivity contribution is 0.184. The smallest absolute Gasteiger partial charge is 0.252 e. The van der Waals surface area contributed by atoms with Gasteiger partial charge >= 0.3 is 0 Å². The van der Waals surface area contributed by atoms with Gasteiger partial charge in [0.25, 0.3) is 10.0 Å². The summed E-state index contributed by atoms with van der Waals surface area (Å²) in [5.41, 5.74) is 4.51. The van der Waals surface area contributed by atoms with Crippen LogP contribution in [0.2, 0.25) is 0 Å². The number of thiophene rings is 2. The number of hydrogen-bond acceptors (Lipinski definition) is 12. The Balaban J connectivity index is 1.13. The number of sulfonamides is 1. The number of anilines is 1. The van der Waals surface area contributed by atoms with Crippen LogP contribution < -0.4 is 5.32 Å². The molecular weight excluding hydrogens is 607 g/mol. The number of nitrogens with one attached hydrogen (secondary N) is 1. The predicted molar refractivity (Wildman–Crippen MR) is 169 cm³/mol. The second kappa shape index (κ2) is 11.7. The van der Waals surface area contributed by atoms with E-state index in [-0.39, 0.29) is 12.0 Å². The van der Waals surface area contributed by atoms with E-state index >= 15 is 0 Å². The molecule has 1 aliphatic heterocycles. The highest BCUT2D eigenvalue weighted by molar-refractivity contribution is 7.91. The number of aryl methyl sites for hydroxylation is 3. The van der Waals surface area contributed by atoms with Gasteiger partial charge in [-0.2, -0.15) is 4.31 Å². The molecule has 6 rings (SSSR count). The number of fused-ring (bicyclic) bond motifs is 1. The summed E-state index contributed by atoms with van der Waals surface area (Å²) in [5, 5.41) is 13.8. The van der Waals surface area contributed by atoms with Crippen molar-refractivity contribution in [3.8, 4) is 21.8 Å². The van der Waals surface area contributed by atoms with E-state index in [1.165, 1.54) is 11.3 Å². The van der Waals surface area contributed by atoms with E-state index in [1.807, 2.05) is 26.8 Å². The topological polar surface area (TPSA) is 130 Å². The molecule has 5 aromatic heterocycles. The summed E-state index contributed by atoms with van der Waals surface area (Å²) >= 11 is 2.83. The van der Waals surface area contributed by atoms with Crippen molar-refractivity contribution in [2.24, 2.45) is 0 Å². The Morgan fingerprint density at radius 2 is 1.79 bits per heavy atom. The number of nitrogens with zero attached hydrogens (tertiary/aromatic N) is 6. The van der Waals surface area contributed by atoms with Crippen LogP contribution >= 0.6 is 22.7 Å². The van der Waals surface area contributed by atoms with Gasteiger partial charge in [-0.1, -0.05) is 24.2 Å². The molecular formula is C29H35N7O4S3. The first-order valence-electron chi connectivity index (χ1n) is 14.3. The molecule has 1 aliphatic rings. The SMILES string of the molecule is Cc1cc(-c2ccc(S(=O)(=O)N3CCN(C[C@H](C)Nc4nc(C(C)C)nc5c(-c6c(C)noc6C)csc45)CC3)s2)on1. The van der Waals surface area contributed by atoms with Crippen molar-refractivity contribution in [3.05, 3.63) is 46.6 Å². The molecule has 6 heterocycles. The lowest BCUT2D eigenvalue weighted by Gasteiger charge is -2.35. The Kier molecular flexibility index (Phi) is 8.15. The van der Waals surface area contributed by atoms with Crippen LogP contribution in [0.1, 0.15) is 49.7 Å². The maximum absolute atomic E-state index is 13.4. The summed E-state index contributed by atoms with van der Waals surface area (Å²) in [5.74, 6) is 3.12. The van der Waals surface area contributed by atoms with Gasteiger partial charge in [0.2, 0.25) is 0 Å². The van der Waals surface area contributed by atoms with Gasteiger partial charge in [0.15, 0.2) is 5.76 Å². The molecule has 43 heavy (non-hydrogen) atoms. The number of piperazine rings is 1. The third-order valence-corrected chi connectivity index (χ3v) is 12.0. The highest BCUT2D eigenvalue weighted by Gasteiger charge is 2.31. The predicted octanol–water partition coefficient (Wildman–Crippen LogP) is 5.92. The van der Waals surface area contributed by atoms with E-state index in [0.717, 1.165) is 61.6 Å². The highest BCUT2D eigenvalue weighted by atomic mass is 32.2. The molecule has 0 bridgehead atoms. The van der Waals surface area contributed by atoms with Crippen LogP contribution in [0, 0.1) is 20.8 Å². The van der Waals surface area contributed by atoms with Crippen LogP contribution in [0.4, 0.5) is 5.82 Å².